The molecule has 1 saturated carbocycles. The third-order valence-electron chi connectivity index (χ3n) is 3.98. The van der Waals surface area contributed by atoms with E-state index in [2.05, 4.69) is 11.0 Å². The number of carbonyl (C=O) groups excluding carboxylic acids is 1. The Kier molecular flexibility index (Phi) is 3.53. The van der Waals surface area contributed by atoms with Crippen LogP contribution in [0, 0.1) is 0 Å². The molecule has 1 aromatic carbocycles. The van der Waals surface area contributed by atoms with E-state index in [4.69, 9.17) is 5.11 Å². The van der Waals surface area contributed by atoms with Crippen molar-refractivity contribution in [2.45, 2.75) is 25.3 Å². The summed E-state index contributed by atoms with van der Waals surface area (Å²) >= 11 is 0. The molecule has 1 aromatic rings. The summed E-state index contributed by atoms with van der Waals surface area (Å²) in [5.41, 5.74) is 2.32. The van der Waals surface area contributed by atoms with Gasteiger partial charge in [-0.25, -0.2) is 0 Å². The smallest absolute Gasteiger partial charge is 0.241 e. The lowest BCUT2D eigenvalue weighted by molar-refractivity contribution is -0.119. The van der Waals surface area contributed by atoms with E-state index in [1.165, 1.54) is 5.56 Å². The van der Waals surface area contributed by atoms with Gasteiger partial charge in [0.15, 0.2) is 0 Å². The Morgan fingerprint density at radius 2 is 2.16 bits per heavy atom. The van der Waals surface area contributed by atoms with Gasteiger partial charge in [-0.3, -0.25) is 9.69 Å². The summed E-state index contributed by atoms with van der Waals surface area (Å²) < 4.78 is 0. The van der Waals surface area contributed by atoms with E-state index < -0.39 is 0 Å². The van der Waals surface area contributed by atoms with Gasteiger partial charge in [0.2, 0.25) is 5.91 Å². The SMILES string of the molecule is O=C(CN(CCO)C1CC1)N1CCc2ccccc21. The molecule has 0 bridgehead atoms. The zero-order chi connectivity index (χ0) is 13.2. The van der Waals surface area contributed by atoms with Crippen LogP contribution in [0.4, 0.5) is 5.69 Å². The average Bonchev–Trinajstić information content (AvgIpc) is 3.17. The number of aliphatic hydroxyl groups excluding tert-OH is 1. The highest BCUT2D eigenvalue weighted by molar-refractivity contribution is 5.96. The van der Waals surface area contributed by atoms with Gasteiger partial charge in [0, 0.05) is 24.8 Å². The van der Waals surface area contributed by atoms with E-state index in [9.17, 15) is 4.79 Å². The van der Waals surface area contributed by atoms with Gasteiger partial charge >= 0.3 is 0 Å². The zero-order valence-electron chi connectivity index (χ0n) is 11.1. The number of aliphatic hydroxyl groups is 1. The highest BCUT2D eigenvalue weighted by Gasteiger charge is 2.32. The van der Waals surface area contributed by atoms with Crippen LogP contribution in [-0.4, -0.2) is 48.2 Å². The fraction of sp³-hybridized carbons (Fsp3) is 0.533. The first-order chi connectivity index (χ1) is 9.29. The summed E-state index contributed by atoms with van der Waals surface area (Å²) in [5, 5.41) is 9.08. The Labute approximate surface area is 113 Å². The number of anilines is 1. The normalized spacial score (nSPS) is 17.9. The monoisotopic (exact) mass is 260 g/mol. The minimum atomic E-state index is 0.125. The fourth-order valence-electron chi connectivity index (χ4n) is 2.82. The van der Waals surface area contributed by atoms with Crippen LogP contribution in [0.1, 0.15) is 18.4 Å². The molecule has 19 heavy (non-hydrogen) atoms. The predicted molar refractivity (Wildman–Crippen MR) is 74.2 cm³/mol. The molecular weight excluding hydrogens is 240 g/mol. The number of amides is 1. The van der Waals surface area contributed by atoms with Crippen LogP contribution in [0.3, 0.4) is 0 Å². The van der Waals surface area contributed by atoms with Crippen molar-refractivity contribution in [1.29, 1.82) is 0 Å². The van der Waals surface area contributed by atoms with Gasteiger partial charge in [-0.05, 0) is 30.9 Å². The van der Waals surface area contributed by atoms with Gasteiger partial charge < -0.3 is 10.0 Å². The van der Waals surface area contributed by atoms with E-state index >= 15 is 0 Å². The Bertz CT molecular complexity index is 471. The van der Waals surface area contributed by atoms with E-state index in [0.717, 1.165) is 31.5 Å². The Morgan fingerprint density at radius 3 is 2.89 bits per heavy atom. The zero-order valence-corrected chi connectivity index (χ0v) is 11.1. The number of hydrogen-bond acceptors (Lipinski definition) is 3. The predicted octanol–water partition coefficient (Wildman–Crippen LogP) is 1.03. The molecule has 102 valence electrons. The molecule has 0 spiro atoms. The lowest BCUT2D eigenvalue weighted by Gasteiger charge is -2.24. The van der Waals surface area contributed by atoms with Crippen LogP contribution in [0.15, 0.2) is 24.3 Å². The summed E-state index contributed by atoms with van der Waals surface area (Å²) in [6.07, 6.45) is 3.26. The Balaban J connectivity index is 1.67. The third kappa shape index (κ3) is 2.65. The van der Waals surface area contributed by atoms with Crippen molar-refractivity contribution in [1.82, 2.24) is 4.90 Å². The third-order valence-corrected chi connectivity index (χ3v) is 3.98. The first kappa shape index (κ1) is 12.6. The molecule has 4 nitrogen and oxygen atoms in total. The molecule has 0 radical (unpaired) electrons. The summed E-state index contributed by atoms with van der Waals surface area (Å²) in [7, 11) is 0. The van der Waals surface area contributed by atoms with Crippen LogP contribution in [0.5, 0.6) is 0 Å². The van der Waals surface area contributed by atoms with Gasteiger partial charge in [0.25, 0.3) is 0 Å². The second-order valence-electron chi connectivity index (χ2n) is 5.35. The lowest BCUT2D eigenvalue weighted by Crippen LogP contribution is -2.41. The van der Waals surface area contributed by atoms with Crippen molar-refractivity contribution in [2.75, 3.05) is 31.1 Å². The van der Waals surface area contributed by atoms with Crippen molar-refractivity contribution < 1.29 is 9.90 Å². The van der Waals surface area contributed by atoms with E-state index in [0.29, 0.717) is 19.1 Å². The number of rotatable bonds is 5. The maximum absolute atomic E-state index is 12.4. The van der Waals surface area contributed by atoms with Crippen molar-refractivity contribution in [3.05, 3.63) is 29.8 Å². The van der Waals surface area contributed by atoms with Gasteiger partial charge in [-0.1, -0.05) is 18.2 Å². The average molecular weight is 260 g/mol. The van der Waals surface area contributed by atoms with Crippen LogP contribution < -0.4 is 4.90 Å². The molecule has 4 heteroatoms. The molecule has 0 saturated heterocycles. The van der Waals surface area contributed by atoms with E-state index in [1.54, 1.807) is 0 Å². The number of para-hydroxylation sites is 1. The van der Waals surface area contributed by atoms with Crippen LogP contribution in [0.2, 0.25) is 0 Å². The standard InChI is InChI=1S/C15H20N2O2/c18-10-9-16(13-5-6-13)11-15(19)17-8-7-12-3-1-2-4-14(12)17/h1-4,13,18H,5-11H2. The highest BCUT2D eigenvalue weighted by atomic mass is 16.3. The van der Waals surface area contributed by atoms with Crippen molar-refractivity contribution >= 4 is 11.6 Å². The van der Waals surface area contributed by atoms with Gasteiger partial charge in [-0.15, -0.1) is 0 Å². The molecule has 1 aliphatic carbocycles. The minimum Gasteiger partial charge on any atom is -0.395 e. The number of hydrogen-bond donors (Lipinski definition) is 1. The molecule has 0 atom stereocenters. The number of nitrogens with zero attached hydrogens (tertiary/aromatic N) is 2. The maximum atomic E-state index is 12.4. The van der Waals surface area contributed by atoms with E-state index in [1.807, 2.05) is 23.1 Å². The summed E-state index contributed by atoms with van der Waals surface area (Å²) in [6.45, 7) is 1.95. The molecule has 2 aliphatic rings. The summed E-state index contributed by atoms with van der Waals surface area (Å²) in [4.78, 5) is 16.4. The van der Waals surface area contributed by atoms with Crippen LogP contribution >= 0.6 is 0 Å². The lowest BCUT2D eigenvalue weighted by atomic mass is 10.2. The largest absolute Gasteiger partial charge is 0.395 e. The minimum absolute atomic E-state index is 0.125. The molecule has 1 aliphatic heterocycles. The fourth-order valence-corrected chi connectivity index (χ4v) is 2.82. The van der Waals surface area contributed by atoms with Gasteiger partial charge in [-0.2, -0.15) is 0 Å². The van der Waals surface area contributed by atoms with Crippen molar-refractivity contribution in [3.8, 4) is 0 Å². The molecule has 1 amide bonds. The number of carbonyl (C=O) groups is 1. The topological polar surface area (TPSA) is 43.8 Å². The second-order valence-corrected chi connectivity index (χ2v) is 5.35. The Morgan fingerprint density at radius 1 is 1.37 bits per heavy atom. The molecule has 1 N–H and O–H groups in total. The van der Waals surface area contributed by atoms with Crippen LogP contribution in [0.25, 0.3) is 0 Å². The van der Waals surface area contributed by atoms with Crippen molar-refractivity contribution in [2.24, 2.45) is 0 Å². The molecule has 1 heterocycles. The van der Waals surface area contributed by atoms with Crippen LogP contribution in [-0.2, 0) is 11.2 Å². The highest BCUT2D eigenvalue weighted by Crippen LogP contribution is 2.29. The number of fused-ring (bicyclic) bond motifs is 1. The molecule has 0 aromatic heterocycles. The maximum Gasteiger partial charge on any atom is 0.241 e. The quantitative estimate of drug-likeness (QED) is 0.860. The second kappa shape index (κ2) is 5.31. The summed E-state index contributed by atoms with van der Waals surface area (Å²) in [6, 6.07) is 8.63. The first-order valence-electron chi connectivity index (χ1n) is 7.03. The summed E-state index contributed by atoms with van der Waals surface area (Å²) in [5.74, 6) is 0.158. The Hall–Kier alpha value is -1.39. The molecule has 1 fully saturated rings. The molecule has 3 rings (SSSR count). The van der Waals surface area contributed by atoms with Gasteiger partial charge in [0.05, 0.1) is 13.2 Å². The van der Waals surface area contributed by atoms with Crippen molar-refractivity contribution in [3.63, 3.8) is 0 Å². The first-order valence-corrected chi connectivity index (χ1v) is 7.03. The molecule has 0 unspecified atom stereocenters. The number of benzene rings is 1. The van der Waals surface area contributed by atoms with E-state index in [-0.39, 0.29) is 12.5 Å². The van der Waals surface area contributed by atoms with Gasteiger partial charge in [0.1, 0.15) is 0 Å². The molecular formula is C15H20N2O2.